The van der Waals surface area contributed by atoms with Gasteiger partial charge in [-0.2, -0.15) is 4.31 Å². The third-order valence-electron chi connectivity index (χ3n) is 9.06. The highest BCUT2D eigenvalue weighted by Crippen LogP contribution is 2.38. The van der Waals surface area contributed by atoms with Gasteiger partial charge >= 0.3 is 5.97 Å². The molecule has 3 heterocycles. The second kappa shape index (κ2) is 13.8. The van der Waals surface area contributed by atoms with Gasteiger partial charge in [-0.3, -0.25) is 4.79 Å². The highest BCUT2D eigenvalue weighted by Gasteiger charge is 2.34. The Morgan fingerprint density at radius 2 is 1.58 bits per heavy atom. The first-order chi connectivity index (χ1) is 20.3. The van der Waals surface area contributed by atoms with E-state index in [-0.39, 0.29) is 9.10 Å². The van der Waals surface area contributed by atoms with Gasteiger partial charge < -0.3 is 10.0 Å². The van der Waals surface area contributed by atoms with Crippen molar-refractivity contribution in [2.45, 2.75) is 72.9 Å². The molecular formula is C28H36BrCl2N3O6S3. The quantitative estimate of drug-likeness (QED) is 0.286. The maximum Gasteiger partial charge on any atom is 0.306 e. The van der Waals surface area contributed by atoms with E-state index < -0.39 is 38.0 Å². The number of carboxylic acid groups (broad SMARTS) is 1. The van der Waals surface area contributed by atoms with E-state index in [1.165, 1.54) is 6.07 Å². The SMILES string of the molecule is O=C(O)C1CCC(NS(=O)(=O)c2ccc(N3CCC(CCC4CCN(S(=O)(=O)c5cc(Br)c(Cl)s5)CC4)CC3)c(Cl)c2)C1. The molecule has 238 valence electrons. The topological polar surface area (TPSA) is 124 Å². The zero-order valence-electron chi connectivity index (χ0n) is 23.6. The molecule has 5 rings (SSSR count). The minimum absolute atomic E-state index is 0.0841. The summed E-state index contributed by atoms with van der Waals surface area (Å²) >= 11 is 17.0. The van der Waals surface area contributed by atoms with Crippen molar-refractivity contribution in [3.63, 3.8) is 0 Å². The lowest BCUT2D eigenvalue weighted by Gasteiger charge is -2.35. The van der Waals surface area contributed by atoms with Crippen LogP contribution in [-0.4, -0.2) is 64.4 Å². The summed E-state index contributed by atoms with van der Waals surface area (Å²) in [5, 5.41) is 9.58. The molecule has 2 atom stereocenters. The largest absolute Gasteiger partial charge is 0.481 e. The number of nitrogens with one attached hydrogen (secondary N) is 1. The molecule has 1 saturated carbocycles. The number of anilines is 1. The van der Waals surface area contributed by atoms with Gasteiger partial charge in [0.25, 0.3) is 10.0 Å². The molecule has 9 nitrogen and oxygen atoms in total. The van der Waals surface area contributed by atoms with Crippen LogP contribution in [0, 0.1) is 17.8 Å². The van der Waals surface area contributed by atoms with Crippen molar-refractivity contribution in [2.24, 2.45) is 17.8 Å². The van der Waals surface area contributed by atoms with E-state index in [2.05, 4.69) is 25.6 Å². The third-order valence-corrected chi connectivity index (χ3v) is 15.7. The number of rotatable bonds is 10. The Morgan fingerprint density at radius 3 is 2.12 bits per heavy atom. The van der Waals surface area contributed by atoms with Crippen LogP contribution in [0.15, 0.2) is 37.8 Å². The molecule has 0 bridgehead atoms. The molecule has 2 N–H and O–H groups in total. The van der Waals surface area contributed by atoms with Crippen molar-refractivity contribution in [1.82, 2.24) is 9.03 Å². The molecule has 0 spiro atoms. The minimum Gasteiger partial charge on any atom is -0.481 e. The summed E-state index contributed by atoms with van der Waals surface area (Å²) in [6.45, 7) is 2.73. The van der Waals surface area contributed by atoms with Crippen LogP contribution in [0.25, 0.3) is 0 Å². The van der Waals surface area contributed by atoms with Crippen LogP contribution in [0.3, 0.4) is 0 Å². The van der Waals surface area contributed by atoms with Crippen molar-refractivity contribution in [1.29, 1.82) is 0 Å². The van der Waals surface area contributed by atoms with E-state index in [1.807, 2.05) is 0 Å². The normalized spacial score (nSPS) is 23.2. The Labute approximate surface area is 276 Å². The van der Waals surface area contributed by atoms with Crippen LogP contribution in [0.4, 0.5) is 5.69 Å². The molecule has 43 heavy (non-hydrogen) atoms. The van der Waals surface area contributed by atoms with Crippen molar-refractivity contribution in [2.75, 3.05) is 31.1 Å². The maximum absolute atomic E-state index is 13.0. The smallest absolute Gasteiger partial charge is 0.306 e. The number of benzene rings is 1. The number of piperidine rings is 2. The zero-order chi connectivity index (χ0) is 30.9. The number of nitrogens with zero attached hydrogens (tertiary/aromatic N) is 2. The molecule has 1 aromatic heterocycles. The first-order valence-corrected chi connectivity index (χ1v) is 19.9. The summed E-state index contributed by atoms with van der Waals surface area (Å²) in [6, 6.07) is 6.00. The standard InChI is InChI=1S/C28H36BrCl2N3O6S3/c29-23-17-26(41-27(23)31)43(39,40)34-13-9-19(10-14-34)2-1-18-7-11-33(12-8-18)25-6-5-22(16-24(25)30)42(37,38)32-21-4-3-20(15-21)28(35)36/h5-6,16-21,32H,1-4,7-15H2,(H,35,36). The summed E-state index contributed by atoms with van der Waals surface area (Å²) in [7, 11) is -7.32. The van der Waals surface area contributed by atoms with E-state index in [0.717, 1.165) is 68.6 Å². The fourth-order valence-electron chi connectivity index (χ4n) is 6.46. The first-order valence-electron chi connectivity index (χ1n) is 14.6. The van der Waals surface area contributed by atoms with E-state index in [1.54, 1.807) is 22.5 Å². The van der Waals surface area contributed by atoms with Gasteiger partial charge in [-0.25, -0.2) is 21.6 Å². The summed E-state index contributed by atoms with van der Waals surface area (Å²) < 4.78 is 57.4. The van der Waals surface area contributed by atoms with E-state index >= 15 is 0 Å². The number of hydrogen-bond acceptors (Lipinski definition) is 7. The molecule has 2 unspecified atom stereocenters. The first kappa shape index (κ1) is 33.4. The van der Waals surface area contributed by atoms with Crippen molar-refractivity contribution < 1.29 is 26.7 Å². The van der Waals surface area contributed by atoms with E-state index in [4.69, 9.17) is 23.2 Å². The van der Waals surface area contributed by atoms with Crippen LogP contribution in [0.2, 0.25) is 9.36 Å². The molecule has 0 radical (unpaired) electrons. The third kappa shape index (κ3) is 7.90. The molecule has 3 fully saturated rings. The lowest BCUT2D eigenvalue weighted by molar-refractivity contribution is -0.141. The molecule has 2 aromatic rings. The van der Waals surface area contributed by atoms with Crippen LogP contribution in [0.5, 0.6) is 0 Å². The molecule has 0 amide bonds. The molecule has 15 heteroatoms. The number of halogens is 3. The molecule has 2 aliphatic heterocycles. The van der Waals surface area contributed by atoms with Gasteiger partial charge in [-0.1, -0.05) is 36.0 Å². The van der Waals surface area contributed by atoms with Gasteiger partial charge in [0.2, 0.25) is 10.0 Å². The van der Waals surface area contributed by atoms with Gasteiger partial charge in [0.15, 0.2) is 0 Å². The maximum atomic E-state index is 13.0. The van der Waals surface area contributed by atoms with E-state index in [0.29, 0.717) is 58.0 Å². The summed E-state index contributed by atoms with van der Waals surface area (Å²) in [5.74, 6) is -0.299. The molecule has 3 aliphatic rings. The predicted octanol–water partition coefficient (Wildman–Crippen LogP) is 6.45. The number of aliphatic carboxylic acids is 1. The highest BCUT2D eigenvalue weighted by molar-refractivity contribution is 9.10. The molecule has 1 aliphatic carbocycles. The molecule has 2 saturated heterocycles. The summed E-state index contributed by atoms with van der Waals surface area (Å²) in [4.78, 5) is 13.5. The highest BCUT2D eigenvalue weighted by atomic mass is 79.9. The van der Waals surface area contributed by atoms with Crippen LogP contribution >= 0.6 is 50.5 Å². The van der Waals surface area contributed by atoms with Crippen LogP contribution in [-0.2, 0) is 24.8 Å². The van der Waals surface area contributed by atoms with Gasteiger partial charge in [0.1, 0.15) is 8.55 Å². The van der Waals surface area contributed by atoms with Crippen molar-refractivity contribution >= 4 is 82.2 Å². The minimum atomic E-state index is -3.81. The number of hydrogen-bond donors (Lipinski definition) is 2. The second-order valence-electron chi connectivity index (χ2n) is 11.8. The predicted molar refractivity (Wildman–Crippen MR) is 173 cm³/mol. The number of carbonyl (C=O) groups is 1. The Bertz CT molecular complexity index is 1520. The lowest BCUT2D eigenvalue weighted by Crippen LogP contribution is -2.38. The summed E-state index contributed by atoms with van der Waals surface area (Å²) in [5.41, 5.74) is 0.818. The molecule has 1 aromatic carbocycles. The van der Waals surface area contributed by atoms with Gasteiger partial charge in [-0.05, 0) is 97.0 Å². The van der Waals surface area contributed by atoms with Gasteiger partial charge in [0.05, 0.1) is 21.5 Å². The monoisotopic (exact) mass is 755 g/mol. The number of thiophene rings is 1. The zero-order valence-corrected chi connectivity index (χ0v) is 29.1. The Hall–Kier alpha value is -0.930. The average molecular weight is 758 g/mol. The lowest BCUT2D eigenvalue weighted by atomic mass is 9.85. The summed E-state index contributed by atoms with van der Waals surface area (Å²) in [6.07, 6.45) is 7.21. The Morgan fingerprint density at radius 1 is 0.953 bits per heavy atom. The number of carboxylic acids is 1. The Balaban J connectivity index is 1.07. The van der Waals surface area contributed by atoms with Crippen molar-refractivity contribution in [3.05, 3.63) is 38.1 Å². The van der Waals surface area contributed by atoms with Crippen LogP contribution < -0.4 is 9.62 Å². The van der Waals surface area contributed by atoms with Gasteiger partial charge in [-0.15, -0.1) is 11.3 Å². The Kier molecular flexibility index (Phi) is 10.7. The van der Waals surface area contributed by atoms with E-state index in [9.17, 15) is 26.7 Å². The second-order valence-corrected chi connectivity index (χ2v) is 18.6. The van der Waals surface area contributed by atoms with Gasteiger partial charge in [0, 0.05) is 36.7 Å². The van der Waals surface area contributed by atoms with Crippen LogP contribution in [0.1, 0.15) is 57.8 Å². The molecular weight excluding hydrogens is 721 g/mol. The van der Waals surface area contributed by atoms with Crippen molar-refractivity contribution in [3.8, 4) is 0 Å². The fourth-order valence-corrected chi connectivity index (χ4v) is 12.1. The fraction of sp³-hybridized carbons (Fsp3) is 0.607. The number of sulfonamides is 2. The average Bonchev–Trinajstić information content (AvgIpc) is 3.58.